The number of hydrogen-bond acceptors (Lipinski definition) is 3. The van der Waals surface area contributed by atoms with Crippen LogP contribution < -0.4 is 0 Å². The normalized spacial score (nSPS) is 15.6. The maximum absolute atomic E-state index is 12.3. The van der Waals surface area contributed by atoms with Crippen molar-refractivity contribution in [3.63, 3.8) is 0 Å². The van der Waals surface area contributed by atoms with E-state index in [1.165, 1.54) is 0 Å². The fourth-order valence-corrected chi connectivity index (χ4v) is 2.72. The van der Waals surface area contributed by atoms with Gasteiger partial charge in [-0.1, -0.05) is 13.8 Å². The van der Waals surface area contributed by atoms with Crippen LogP contribution in [0.4, 0.5) is 0 Å². The van der Waals surface area contributed by atoms with Crippen LogP contribution in [0.25, 0.3) is 0 Å². The average molecular weight is 292 g/mol. The number of carbonyl (C=O) groups is 2. The fraction of sp³-hybridized carbons (Fsp3) is 0.667. The highest BCUT2D eigenvalue weighted by Gasteiger charge is 2.28. The molecule has 0 aliphatic carbocycles. The van der Waals surface area contributed by atoms with Gasteiger partial charge in [0.25, 0.3) is 5.91 Å². The first-order chi connectivity index (χ1) is 10.1. The number of aromatic amines is 1. The quantitative estimate of drug-likeness (QED) is 0.913. The SMILES string of the molecule is CCC(CC)C(=O)N1CCN(C(=O)c2cc(C)[nH]n2)CC1. The molecule has 0 saturated carbocycles. The average Bonchev–Trinajstić information content (AvgIpc) is 2.94. The Morgan fingerprint density at radius 1 is 1.19 bits per heavy atom. The van der Waals surface area contributed by atoms with Gasteiger partial charge in [-0.25, -0.2) is 0 Å². The molecule has 21 heavy (non-hydrogen) atoms. The molecule has 0 bridgehead atoms. The van der Waals surface area contributed by atoms with Crippen molar-refractivity contribution in [3.05, 3.63) is 17.5 Å². The number of aryl methyl sites for hydroxylation is 1. The topological polar surface area (TPSA) is 69.3 Å². The van der Waals surface area contributed by atoms with E-state index in [-0.39, 0.29) is 17.7 Å². The maximum Gasteiger partial charge on any atom is 0.274 e. The van der Waals surface area contributed by atoms with E-state index in [2.05, 4.69) is 10.2 Å². The highest BCUT2D eigenvalue weighted by Crippen LogP contribution is 2.15. The summed E-state index contributed by atoms with van der Waals surface area (Å²) in [5.74, 6) is 0.276. The lowest BCUT2D eigenvalue weighted by molar-refractivity contribution is -0.137. The Labute approximate surface area is 125 Å². The molecule has 6 nitrogen and oxygen atoms in total. The van der Waals surface area contributed by atoms with E-state index in [0.717, 1.165) is 18.5 Å². The van der Waals surface area contributed by atoms with Crippen LogP contribution in [0.15, 0.2) is 6.07 Å². The third-order valence-corrected chi connectivity index (χ3v) is 4.14. The van der Waals surface area contributed by atoms with Gasteiger partial charge in [-0.15, -0.1) is 0 Å². The van der Waals surface area contributed by atoms with Gasteiger partial charge >= 0.3 is 0 Å². The van der Waals surface area contributed by atoms with Gasteiger partial charge in [0, 0.05) is 37.8 Å². The molecular weight excluding hydrogens is 268 g/mol. The molecule has 1 aromatic heterocycles. The third kappa shape index (κ3) is 3.43. The van der Waals surface area contributed by atoms with Crippen molar-refractivity contribution in [3.8, 4) is 0 Å². The molecule has 1 aliphatic rings. The predicted octanol–water partition coefficient (Wildman–Crippen LogP) is 1.44. The van der Waals surface area contributed by atoms with E-state index < -0.39 is 0 Å². The maximum atomic E-state index is 12.3. The standard InChI is InChI=1S/C15H24N4O2/c1-4-12(5-2)14(20)18-6-8-19(9-7-18)15(21)13-10-11(3)16-17-13/h10,12H,4-9H2,1-3H3,(H,16,17). The van der Waals surface area contributed by atoms with Crippen LogP contribution in [0.3, 0.4) is 0 Å². The van der Waals surface area contributed by atoms with Crippen LogP contribution >= 0.6 is 0 Å². The fourth-order valence-electron chi connectivity index (χ4n) is 2.72. The zero-order chi connectivity index (χ0) is 15.4. The van der Waals surface area contributed by atoms with Gasteiger partial charge in [0.2, 0.25) is 5.91 Å². The van der Waals surface area contributed by atoms with Gasteiger partial charge in [-0.2, -0.15) is 5.10 Å². The molecule has 6 heteroatoms. The molecule has 1 saturated heterocycles. The summed E-state index contributed by atoms with van der Waals surface area (Å²) in [5, 5.41) is 6.79. The van der Waals surface area contributed by atoms with Crippen molar-refractivity contribution in [1.29, 1.82) is 0 Å². The van der Waals surface area contributed by atoms with Gasteiger partial charge in [0.1, 0.15) is 5.69 Å². The van der Waals surface area contributed by atoms with Gasteiger partial charge in [0.15, 0.2) is 0 Å². The molecule has 0 radical (unpaired) electrons. The van der Waals surface area contributed by atoms with Gasteiger partial charge < -0.3 is 9.80 Å². The Morgan fingerprint density at radius 2 is 1.76 bits per heavy atom. The Bertz CT molecular complexity index is 500. The summed E-state index contributed by atoms with van der Waals surface area (Å²) in [4.78, 5) is 28.2. The molecule has 0 aromatic carbocycles. The van der Waals surface area contributed by atoms with Crippen molar-refractivity contribution in [2.75, 3.05) is 26.2 Å². The summed E-state index contributed by atoms with van der Waals surface area (Å²) in [6.45, 7) is 8.36. The molecular formula is C15H24N4O2. The zero-order valence-electron chi connectivity index (χ0n) is 13.1. The minimum absolute atomic E-state index is 0.0611. The predicted molar refractivity (Wildman–Crippen MR) is 79.9 cm³/mol. The van der Waals surface area contributed by atoms with Crippen molar-refractivity contribution >= 4 is 11.8 Å². The molecule has 1 N–H and O–H groups in total. The Kier molecular flexibility index (Phi) is 4.98. The number of rotatable bonds is 4. The molecule has 1 fully saturated rings. The molecule has 0 atom stereocenters. The molecule has 2 rings (SSSR count). The Morgan fingerprint density at radius 3 is 2.24 bits per heavy atom. The first-order valence-corrected chi connectivity index (χ1v) is 7.66. The smallest absolute Gasteiger partial charge is 0.274 e. The summed E-state index contributed by atoms with van der Waals surface area (Å²) in [5.41, 5.74) is 1.33. The number of piperazine rings is 1. The Hall–Kier alpha value is -1.85. The molecule has 116 valence electrons. The second-order valence-corrected chi connectivity index (χ2v) is 5.57. The van der Waals surface area contributed by atoms with Crippen molar-refractivity contribution in [1.82, 2.24) is 20.0 Å². The second kappa shape index (κ2) is 6.74. The van der Waals surface area contributed by atoms with E-state index in [4.69, 9.17) is 0 Å². The molecule has 1 aromatic rings. The van der Waals surface area contributed by atoms with E-state index in [1.54, 1.807) is 11.0 Å². The number of nitrogens with zero attached hydrogens (tertiary/aromatic N) is 3. The number of hydrogen-bond donors (Lipinski definition) is 1. The summed E-state index contributed by atoms with van der Waals surface area (Å²) < 4.78 is 0. The lowest BCUT2D eigenvalue weighted by atomic mass is 10.0. The minimum Gasteiger partial charge on any atom is -0.339 e. The second-order valence-electron chi connectivity index (χ2n) is 5.57. The summed E-state index contributed by atoms with van der Waals surface area (Å²) in [7, 11) is 0. The van der Waals surface area contributed by atoms with Crippen molar-refractivity contribution in [2.24, 2.45) is 5.92 Å². The Balaban J connectivity index is 1.91. The number of carbonyl (C=O) groups excluding carboxylic acids is 2. The molecule has 2 amide bonds. The lowest BCUT2D eigenvalue weighted by Crippen LogP contribution is -2.52. The lowest BCUT2D eigenvalue weighted by Gasteiger charge is -2.36. The summed E-state index contributed by atoms with van der Waals surface area (Å²) >= 11 is 0. The zero-order valence-corrected chi connectivity index (χ0v) is 13.1. The van der Waals surface area contributed by atoms with E-state index in [9.17, 15) is 9.59 Å². The first-order valence-electron chi connectivity index (χ1n) is 7.66. The first kappa shape index (κ1) is 15.5. The highest BCUT2D eigenvalue weighted by atomic mass is 16.2. The van der Waals surface area contributed by atoms with Gasteiger partial charge in [-0.05, 0) is 25.8 Å². The highest BCUT2D eigenvalue weighted by molar-refractivity contribution is 5.92. The molecule has 0 unspecified atom stereocenters. The van der Waals surface area contributed by atoms with Crippen LogP contribution in [0.2, 0.25) is 0 Å². The van der Waals surface area contributed by atoms with Gasteiger partial charge in [-0.3, -0.25) is 14.7 Å². The van der Waals surface area contributed by atoms with Crippen LogP contribution in [-0.2, 0) is 4.79 Å². The third-order valence-electron chi connectivity index (χ3n) is 4.14. The van der Waals surface area contributed by atoms with Crippen molar-refractivity contribution < 1.29 is 9.59 Å². The number of nitrogens with one attached hydrogen (secondary N) is 1. The van der Waals surface area contributed by atoms with E-state index in [0.29, 0.717) is 31.9 Å². The van der Waals surface area contributed by atoms with Crippen molar-refractivity contribution in [2.45, 2.75) is 33.6 Å². The van der Waals surface area contributed by atoms with E-state index >= 15 is 0 Å². The summed E-state index contributed by atoms with van der Waals surface area (Å²) in [6.07, 6.45) is 1.75. The monoisotopic (exact) mass is 292 g/mol. The van der Waals surface area contributed by atoms with Crippen LogP contribution in [-0.4, -0.2) is 58.0 Å². The van der Waals surface area contributed by atoms with Crippen LogP contribution in [0, 0.1) is 12.8 Å². The molecule has 1 aliphatic heterocycles. The number of amides is 2. The minimum atomic E-state index is -0.0611. The largest absolute Gasteiger partial charge is 0.339 e. The van der Waals surface area contributed by atoms with Crippen LogP contribution in [0.5, 0.6) is 0 Å². The van der Waals surface area contributed by atoms with Crippen LogP contribution in [0.1, 0.15) is 42.9 Å². The molecule has 0 spiro atoms. The molecule has 2 heterocycles. The van der Waals surface area contributed by atoms with E-state index in [1.807, 2.05) is 25.7 Å². The van der Waals surface area contributed by atoms with Gasteiger partial charge in [0.05, 0.1) is 0 Å². The number of aromatic nitrogens is 2. The summed E-state index contributed by atoms with van der Waals surface area (Å²) in [6, 6.07) is 1.75. The number of H-pyrrole nitrogens is 1.